The summed E-state index contributed by atoms with van der Waals surface area (Å²) in [6, 6.07) is 18.2. The maximum absolute atomic E-state index is 3.69. The van der Waals surface area contributed by atoms with Crippen LogP contribution in [0.25, 0.3) is 0 Å². The highest BCUT2D eigenvalue weighted by molar-refractivity contribution is 5.40. The average molecular weight is 265 g/mol. The van der Waals surface area contributed by atoms with Gasteiger partial charge in [-0.2, -0.15) is 0 Å². The summed E-state index contributed by atoms with van der Waals surface area (Å²) >= 11 is 0. The van der Waals surface area contributed by atoms with E-state index >= 15 is 0 Å². The summed E-state index contributed by atoms with van der Waals surface area (Å²) in [6.45, 7) is 3.27. The topological polar surface area (TPSA) is 12.0 Å². The number of fused-ring (bicyclic) bond motifs is 1. The highest BCUT2D eigenvalue weighted by Crippen LogP contribution is 2.28. The van der Waals surface area contributed by atoms with Crippen LogP contribution in [-0.4, -0.2) is 6.54 Å². The fraction of sp³-hybridized carbons (Fsp3) is 0.368. The van der Waals surface area contributed by atoms with E-state index in [9.17, 15) is 0 Å². The fourth-order valence-electron chi connectivity index (χ4n) is 3.13. The van der Waals surface area contributed by atoms with Gasteiger partial charge in [0.15, 0.2) is 0 Å². The molecule has 0 aliphatic heterocycles. The lowest BCUT2D eigenvalue weighted by Crippen LogP contribution is -2.23. The molecular formula is C19H23N. The molecule has 0 radical (unpaired) electrons. The van der Waals surface area contributed by atoms with Crippen LogP contribution in [0.3, 0.4) is 0 Å². The van der Waals surface area contributed by atoms with Crippen molar-refractivity contribution in [2.75, 3.05) is 6.54 Å². The average Bonchev–Trinajstić information content (AvgIpc) is 2.96. The van der Waals surface area contributed by atoms with E-state index in [4.69, 9.17) is 0 Å². The molecule has 0 saturated heterocycles. The largest absolute Gasteiger partial charge is 0.306 e. The Kier molecular flexibility index (Phi) is 4.17. The molecule has 3 rings (SSSR count). The molecule has 1 nitrogen and oxygen atoms in total. The van der Waals surface area contributed by atoms with Crippen molar-refractivity contribution in [3.05, 3.63) is 70.8 Å². The summed E-state index contributed by atoms with van der Waals surface area (Å²) in [4.78, 5) is 0. The van der Waals surface area contributed by atoms with E-state index in [1.165, 1.54) is 30.4 Å². The maximum atomic E-state index is 3.69. The zero-order valence-electron chi connectivity index (χ0n) is 12.2. The molecule has 0 aromatic heterocycles. The van der Waals surface area contributed by atoms with Crippen molar-refractivity contribution in [3.8, 4) is 0 Å². The molecule has 1 aliphatic carbocycles. The molecule has 2 aromatic carbocycles. The molecule has 1 unspecified atom stereocenters. The fourth-order valence-corrected chi connectivity index (χ4v) is 3.13. The Labute approximate surface area is 122 Å². The van der Waals surface area contributed by atoms with Crippen molar-refractivity contribution in [3.63, 3.8) is 0 Å². The van der Waals surface area contributed by atoms with Gasteiger partial charge in [-0.1, -0.05) is 55.5 Å². The summed E-state index contributed by atoms with van der Waals surface area (Å²) in [5.74, 6) is 0. The number of aryl methyl sites for hydroxylation is 2. The number of rotatable bonds is 5. The summed E-state index contributed by atoms with van der Waals surface area (Å²) in [6.07, 6.45) is 4.98. The third-order valence-corrected chi connectivity index (χ3v) is 4.19. The van der Waals surface area contributed by atoms with Gasteiger partial charge in [0.05, 0.1) is 6.04 Å². The summed E-state index contributed by atoms with van der Waals surface area (Å²) in [5.41, 5.74) is 5.88. The molecule has 1 heteroatoms. The van der Waals surface area contributed by atoms with Crippen molar-refractivity contribution in [2.24, 2.45) is 0 Å². The monoisotopic (exact) mass is 265 g/mol. The zero-order valence-corrected chi connectivity index (χ0v) is 12.2. The van der Waals surface area contributed by atoms with Gasteiger partial charge in [-0.3, -0.25) is 0 Å². The summed E-state index contributed by atoms with van der Waals surface area (Å²) in [7, 11) is 0. The lowest BCUT2D eigenvalue weighted by atomic mass is 9.95. The SMILES string of the molecule is CCCNC(c1ccccc1)c1ccc2c(c1)CCC2. The third kappa shape index (κ3) is 2.78. The van der Waals surface area contributed by atoms with Crippen LogP contribution >= 0.6 is 0 Å². The van der Waals surface area contributed by atoms with Crippen LogP contribution in [0.2, 0.25) is 0 Å². The number of hydrogen-bond acceptors (Lipinski definition) is 1. The van der Waals surface area contributed by atoms with Gasteiger partial charge in [0.25, 0.3) is 0 Å². The Morgan fingerprint density at radius 2 is 1.75 bits per heavy atom. The van der Waals surface area contributed by atoms with Crippen LogP contribution in [-0.2, 0) is 12.8 Å². The predicted octanol–water partition coefficient (Wildman–Crippen LogP) is 4.26. The first-order valence-corrected chi connectivity index (χ1v) is 7.78. The lowest BCUT2D eigenvalue weighted by Gasteiger charge is -2.20. The molecule has 2 aromatic rings. The van der Waals surface area contributed by atoms with Gasteiger partial charge in [0, 0.05) is 0 Å². The first-order chi connectivity index (χ1) is 9.88. The van der Waals surface area contributed by atoms with Crippen LogP contribution in [0.4, 0.5) is 0 Å². The zero-order chi connectivity index (χ0) is 13.8. The first kappa shape index (κ1) is 13.4. The maximum Gasteiger partial charge on any atom is 0.0576 e. The molecule has 1 N–H and O–H groups in total. The van der Waals surface area contributed by atoms with Crippen molar-refractivity contribution in [1.29, 1.82) is 0 Å². The van der Waals surface area contributed by atoms with Gasteiger partial charge in [0.1, 0.15) is 0 Å². The molecule has 0 fully saturated rings. The Balaban J connectivity index is 1.92. The first-order valence-electron chi connectivity index (χ1n) is 7.78. The van der Waals surface area contributed by atoms with Crippen LogP contribution in [0.5, 0.6) is 0 Å². The second kappa shape index (κ2) is 6.23. The van der Waals surface area contributed by atoms with Gasteiger partial charge < -0.3 is 5.32 Å². The molecule has 0 spiro atoms. The third-order valence-electron chi connectivity index (χ3n) is 4.19. The lowest BCUT2D eigenvalue weighted by molar-refractivity contribution is 0.598. The van der Waals surface area contributed by atoms with Gasteiger partial charge in [-0.25, -0.2) is 0 Å². The van der Waals surface area contributed by atoms with Crippen LogP contribution in [0.1, 0.15) is 48.1 Å². The molecule has 0 heterocycles. The molecule has 0 saturated carbocycles. The van der Waals surface area contributed by atoms with E-state index in [0.29, 0.717) is 6.04 Å². The van der Waals surface area contributed by atoms with Crippen LogP contribution in [0.15, 0.2) is 48.5 Å². The van der Waals surface area contributed by atoms with E-state index < -0.39 is 0 Å². The van der Waals surface area contributed by atoms with E-state index in [0.717, 1.165) is 13.0 Å². The molecule has 0 amide bonds. The van der Waals surface area contributed by atoms with Gasteiger partial charge in [0.2, 0.25) is 0 Å². The van der Waals surface area contributed by atoms with Crippen molar-refractivity contribution < 1.29 is 0 Å². The second-order valence-electron chi connectivity index (χ2n) is 5.68. The smallest absolute Gasteiger partial charge is 0.0576 e. The minimum Gasteiger partial charge on any atom is -0.306 e. The molecular weight excluding hydrogens is 242 g/mol. The quantitative estimate of drug-likeness (QED) is 0.851. The summed E-state index contributed by atoms with van der Waals surface area (Å²) in [5, 5.41) is 3.69. The Bertz CT molecular complexity index is 559. The standard InChI is InChI=1S/C19H23N/c1-2-13-20-19(16-7-4-3-5-8-16)18-12-11-15-9-6-10-17(15)14-18/h3-5,7-8,11-12,14,19-20H,2,6,9-10,13H2,1H3. The van der Waals surface area contributed by atoms with Gasteiger partial charge in [-0.05, 0) is 54.5 Å². The number of nitrogens with one attached hydrogen (secondary N) is 1. The summed E-state index contributed by atoms with van der Waals surface area (Å²) < 4.78 is 0. The molecule has 1 atom stereocenters. The van der Waals surface area contributed by atoms with Crippen LogP contribution < -0.4 is 5.32 Å². The van der Waals surface area contributed by atoms with Crippen molar-refractivity contribution >= 4 is 0 Å². The second-order valence-corrected chi connectivity index (χ2v) is 5.68. The van der Waals surface area contributed by atoms with E-state index in [1.807, 2.05) is 0 Å². The highest BCUT2D eigenvalue weighted by Gasteiger charge is 2.16. The van der Waals surface area contributed by atoms with E-state index in [1.54, 1.807) is 11.1 Å². The van der Waals surface area contributed by atoms with E-state index in [2.05, 4.69) is 60.8 Å². The minimum atomic E-state index is 0.321. The van der Waals surface area contributed by atoms with E-state index in [-0.39, 0.29) is 0 Å². The molecule has 20 heavy (non-hydrogen) atoms. The number of hydrogen-bond donors (Lipinski definition) is 1. The predicted molar refractivity (Wildman–Crippen MR) is 85.0 cm³/mol. The molecule has 104 valence electrons. The van der Waals surface area contributed by atoms with Crippen LogP contribution in [0, 0.1) is 0 Å². The van der Waals surface area contributed by atoms with Crippen molar-refractivity contribution in [2.45, 2.75) is 38.6 Å². The van der Waals surface area contributed by atoms with Crippen molar-refractivity contribution in [1.82, 2.24) is 5.32 Å². The Hall–Kier alpha value is -1.60. The van der Waals surface area contributed by atoms with Gasteiger partial charge in [-0.15, -0.1) is 0 Å². The normalized spacial score (nSPS) is 15.1. The highest BCUT2D eigenvalue weighted by atomic mass is 14.9. The Morgan fingerprint density at radius 1 is 0.950 bits per heavy atom. The van der Waals surface area contributed by atoms with Gasteiger partial charge >= 0.3 is 0 Å². The minimum absolute atomic E-state index is 0.321. The molecule has 1 aliphatic rings. The molecule has 0 bridgehead atoms. The Morgan fingerprint density at radius 3 is 2.55 bits per heavy atom. The number of benzene rings is 2.